The summed E-state index contributed by atoms with van der Waals surface area (Å²) in [5.74, 6) is -0.939. The molecule has 0 bridgehead atoms. The van der Waals surface area contributed by atoms with Crippen LogP contribution in [0.3, 0.4) is 0 Å². The first-order valence-corrected chi connectivity index (χ1v) is 5.23. The SMILES string of the molecule is O=c1cc(Cl)[nH]c(=O)n1-c1cc(F)cc([N+](=O)[O-])c1. The molecule has 0 aliphatic rings. The summed E-state index contributed by atoms with van der Waals surface area (Å²) in [5.41, 5.74) is -2.57. The summed E-state index contributed by atoms with van der Waals surface area (Å²) in [4.78, 5) is 35.1. The number of rotatable bonds is 2. The maximum Gasteiger partial charge on any atom is 0.334 e. The van der Waals surface area contributed by atoms with Crippen molar-refractivity contribution in [3.05, 3.63) is 66.2 Å². The highest BCUT2D eigenvalue weighted by atomic mass is 35.5. The second-order valence-electron chi connectivity index (χ2n) is 3.52. The van der Waals surface area contributed by atoms with Crippen LogP contribution in [0.5, 0.6) is 0 Å². The van der Waals surface area contributed by atoms with Gasteiger partial charge in [-0.15, -0.1) is 0 Å². The number of aromatic nitrogens is 2. The Labute approximate surface area is 109 Å². The lowest BCUT2D eigenvalue weighted by Crippen LogP contribution is -2.33. The number of nitrogens with zero attached hydrogens (tertiary/aromatic N) is 2. The molecular formula is C10H5ClFN3O4. The van der Waals surface area contributed by atoms with Gasteiger partial charge in [-0.2, -0.15) is 0 Å². The Hall–Kier alpha value is -2.48. The fourth-order valence-electron chi connectivity index (χ4n) is 1.51. The van der Waals surface area contributed by atoms with Crippen LogP contribution in [0.1, 0.15) is 0 Å². The van der Waals surface area contributed by atoms with Gasteiger partial charge in [0.15, 0.2) is 0 Å². The molecule has 1 aromatic heterocycles. The van der Waals surface area contributed by atoms with Crippen LogP contribution in [0.15, 0.2) is 33.9 Å². The van der Waals surface area contributed by atoms with E-state index in [0.29, 0.717) is 10.6 Å². The summed E-state index contributed by atoms with van der Waals surface area (Å²) in [6.07, 6.45) is 0. The molecule has 0 amide bonds. The van der Waals surface area contributed by atoms with Gasteiger partial charge in [-0.3, -0.25) is 19.9 Å². The zero-order valence-corrected chi connectivity index (χ0v) is 9.85. The zero-order chi connectivity index (χ0) is 14.2. The van der Waals surface area contributed by atoms with E-state index in [1.807, 2.05) is 0 Å². The molecule has 2 rings (SSSR count). The van der Waals surface area contributed by atoms with Crippen molar-refractivity contribution in [2.24, 2.45) is 0 Å². The number of aromatic amines is 1. The van der Waals surface area contributed by atoms with Crippen LogP contribution in [0.2, 0.25) is 5.15 Å². The molecule has 7 nitrogen and oxygen atoms in total. The molecular weight excluding hydrogens is 281 g/mol. The van der Waals surface area contributed by atoms with Crippen molar-refractivity contribution in [3.63, 3.8) is 0 Å². The number of halogens is 2. The number of non-ortho nitro benzene ring substituents is 1. The standard InChI is InChI=1S/C10H5ClFN3O4/c11-8-4-9(16)14(10(17)13-8)6-1-5(12)2-7(3-6)15(18)19/h1-4H,(H,13,17). The van der Waals surface area contributed by atoms with Crippen molar-refractivity contribution in [1.82, 2.24) is 9.55 Å². The first-order valence-electron chi connectivity index (χ1n) is 4.86. The summed E-state index contributed by atoms with van der Waals surface area (Å²) >= 11 is 5.47. The van der Waals surface area contributed by atoms with E-state index in [0.717, 1.165) is 18.2 Å². The van der Waals surface area contributed by atoms with Gasteiger partial charge in [0.25, 0.3) is 11.2 Å². The van der Waals surface area contributed by atoms with Crippen molar-refractivity contribution < 1.29 is 9.31 Å². The second-order valence-corrected chi connectivity index (χ2v) is 3.93. The molecule has 0 radical (unpaired) electrons. The van der Waals surface area contributed by atoms with Crippen LogP contribution in [0.4, 0.5) is 10.1 Å². The third kappa shape index (κ3) is 2.52. The number of nitrogens with one attached hydrogen (secondary N) is 1. The van der Waals surface area contributed by atoms with Crippen LogP contribution >= 0.6 is 11.6 Å². The minimum atomic E-state index is -0.939. The Bertz CT molecular complexity index is 752. The number of hydrogen-bond acceptors (Lipinski definition) is 4. The molecule has 1 aromatic carbocycles. The van der Waals surface area contributed by atoms with Crippen molar-refractivity contribution in [3.8, 4) is 5.69 Å². The molecule has 2 aromatic rings. The van der Waals surface area contributed by atoms with E-state index in [1.165, 1.54) is 0 Å². The van der Waals surface area contributed by atoms with E-state index in [-0.39, 0.29) is 10.8 Å². The first kappa shape index (κ1) is 13.0. The molecule has 98 valence electrons. The molecule has 0 spiro atoms. The predicted octanol–water partition coefficient (Wildman–Crippen LogP) is 1.23. The smallest absolute Gasteiger partial charge is 0.297 e. The van der Waals surface area contributed by atoms with E-state index < -0.39 is 27.7 Å². The largest absolute Gasteiger partial charge is 0.334 e. The summed E-state index contributed by atoms with van der Waals surface area (Å²) in [6.45, 7) is 0. The van der Waals surface area contributed by atoms with Crippen LogP contribution < -0.4 is 11.2 Å². The number of nitro benzene ring substituents is 1. The van der Waals surface area contributed by atoms with Crippen LogP contribution in [-0.2, 0) is 0 Å². The third-order valence-electron chi connectivity index (χ3n) is 2.24. The van der Waals surface area contributed by atoms with Gasteiger partial charge in [0, 0.05) is 12.1 Å². The van der Waals surface area contributed by atoms with E-state index in [9.17, 15) is 24.1 Å². The van der Waals surface area contributed by atoms with Crippen molar-refractivity contribution in [2.75, 3.05) is 0 Å². The van der Waals surface area contributed by atoms with Crippen molar-refractivity contribution in [1.29, 1.82) is 0 Å². The maximum absolute atomic E-state index is 13.3. The fraction of sp³-hybridized carbons (Fsp3) is 0. The topological polar surface area (TPSA) is 98.0 Å². The lowest BCUT2D eigenvalue weighted by Gasteiger charge is -2.04. The van der Waals surface area contributed by atoms with E-state index >= 15 is 0 Å². The maximum atomic E-state index is 13.3. The summed E-state index contributed by atoms with van der Waals surface area (Å²) in [7, 11) is 0. The monoisotopic (exact) mass is 285 g/mol. The third-order valence-corrected chi connectivity index (χ3v) is 2.44. The van der Waals surface area contributed by atoms with Gasteiger partial charge in [-0.05, 0) is 6.07 Å². The summed E-state index contributed by atoms with van der Waals surface area (Å²) in [5, 5.41) is 10.4. The Kier molecular flexibility index (Phi) is 3.17. The fourth-order valence-corrected chi connectivity index (χ4v) is 1.68. The summed E-state index contributed by atoms with van der Waals surface area (Å²) < 4.78 is 13.8. The molecule has 19 heavy (non-hydrogen) atoms. The molecule has 9 heteroatoms. The highest BCUT2D eigenvalue weighted by molar-refractivity contribution is 6.29. The van der Waals surface area contributed by atoms with Gasteiger partial charge in [0.1, 0.15) is 11.0 Å². The molecule has 1 heterocycles. The lowest BCUT2D eigenvalue weighted by molar-refractivity contribution is -0.385. The number of benzene rings is 1. The lowest BCUT2D eigenvalue weighted by atomic mass is 10.2. The highest BCUT2D eigenvalue weighted by Crippen LogP contribution is 2.17. The molecule has 0 unspecified atom stereocenters. The molecule has 0 fully saturated rings. The van der Waals surface area contributed by atoms with E-state index in [2.05, 4.69) is 4.98 Å². The number of hydrogen-bond donors (Lipinski definition) is 1. The van der Waals surface area contributed by atoms with Gasteiger partial charge >= 0.3 is 5.69 Å². The Morgan fingerprint density at radius 2 is 1.95 bits per heavy atom. The molecule has 0 atom stereocenters. The molecule has 0 saturated carbocycles. The van der Waals surface area contributed by atoms with Gasteiger partial charge in [0.2, 0.25) is 0 Å². The molecule has 1 N–H and O–H groups in total. The van der Waals surface area contributed by atoms with E-state index in [4.69, 9.17) is 11.6 Å². The van der Waals surface area contributed by atoms with Crippen LogP contribution in [-0.4, -0.2) is 14.5 Å². The van der Waals surface area contributed by atoms with Gasteiger partial charge in [0.05, 0.1) is 16.7 Å². The van der Waals surface area contributed by atoms with Gasteiger partial charge in [-0.1, -0.05) is 11.6 Å². The van der Waals surface area contributed by atoms with Crippen LogP contribution in [0, 0.1) is 15.9 Å². The molecule has 0 aliphatic heterocycles. The Balaban J connectivity index is 2.76. The van der Waals surface area contributed by atoms with E-state index in [1.54, 1.807) is 0 Å². The second kappa shape index (κ2) is 4.65. The quantitative estimate of drug-likeness (QED) is 0.509. The van der Waals surface area contributed by atoms with Gasteiger partial charge in [-0.25, -0.2) is 13.8 Å². The van der Waals surface area contributed by atoms with Crippen molar-refractivity contribution in [2.45, 2.75) is 0 Å². The average Bonchev–Trinajstić information content (AvgIpc) is 2.26. The van der Waals surface area contributed by atoms with Crippen LogP contribution in [0.25, 0.3) is 5.69 Å². The Morgan fingerprint density at radius 3 is 2.53 bits per heavy atom. The first-order chi connectivity index (χ1) is 8.88. The number of nitro groups is 1. The van der Waals surface area contributed by atoms with Gasteiger partial charge < -0.3 is 0 Å². The Morgan fingerprint density at radius 1 is 1.26 bits per heavy atom. The molecule has 0 aliphatic carbocycles. The summed E-state index contributed by atoms with van der Waals surface area (Å²) in [6, 6.07) is 3.32. The van der Waals surface area contributed by atoms with Crippen molar-refractivity contribution >= 4 is 17.3 Å². The predicted molar refractivity (Wildman–Crippen MR) is 64.3 cm³/mol. The zero-order valence-electron chi connectivity index (χ0n) is 9.09. The average molecular weight is 286 g/mol. The number of H-pyrrole nitrogens is 1. The minimum absolute atomic E-state index is 0.183. The minimum Gasteiger partial charge on any atom is -0.297 e. The normalized spacial score (nSPS) is 10.4. The highest BCUT2D eigenvalue weighted by Gasteiger charge is 2.13. The molecule has 0 saturated heterocycles.